The van der Waals surface area contributed by atoms with Crippen molar-refractivity contribution >= 4 is 35.2 Å². The first kappa shape index (κ1) is 22.3. The van der Waals surface area contributed by atoms with Crippen molar-refractivity contribution in [2.75, 3.05) is 19.0 Å². The molecule has 0 aliphatic rings. The van der Waals surface area contributed by atoms with Crippen LogP contribution in [0.15, 0.2) is 42.5 Å². The zero-order valence-electron chi connectivity index (χ0n) is 16.9. The van der Waals surface area contributed by atoms with Gasteiger partial charge in [-0.3, -0.25) is 9.59 Å². The van der Waals surface area contributed by atoms with E-state index in [1.165, 1.54) is 6.08 Å². The van der Waals surface area contributed by atoms with Gasteiger partial charge >= 0.3 is 0 Å². The van der Waals surface area contributed by atoms with Gasteiger partial charge in [-0.25, -0.2) is 0 Å². The molecule has 0 atom stereocenters. The molecule has 0 bridgehead atoms. The topological polar surface area (TPSA) is 76.7 Å². The highest BCUT2D eigenvalue weighted by Crippen LogP contribution is 2.28. The van der Waals surface area contributed by atoms with E-state index in [0.29, 0.717) is 34.4 Å². The molecule has 2 N–H and O–H groups in total. The lowest BCUT2D eigenvalue weighted by atomic mass is 10.1. The molecule has 2 aromatic carbocycles. The number of hydrogen-bond acceptors (Lipinski definition) is 4. The highest BCUT2D eigenvalue weighted by atomic mass is 35.5. The Bertz CT molecular complexity index is 910. The minimum absolute atomic E-state index is 0.0312. The Morgan fingerprint density at radius 1 is 1.14 bits per heavy atom. The van der Waals surface area contributed by atoms with E-state index < -0.39 is 5.91 Å². The van der Waals surface area contributed by atoms with Crippen LogP contribution in [0.5, 0.6) is 11.5 Å². The second kappa shape index (κ2) is 10.5. The van der Waals surface area contributed by atoms with Gasteiger partial charge in [-0.05, 0) is 62.7 Å². The summed E-state index contributed by atoms with van der Waals surface area (Å²) in [4.78, 5) is 24.7. The summed E-state index contributed by atoms with van der Waals surface area (Å²) in [7, 11) is 1.56. The Morgan fingerprint density at radius 3 is 2.55 bits per heavy atom. The van der Waals surface area contributed by atoms with E-state index in [-0.39, 0.29) is 11.9 Å². The van der Waals surface area contributed by atoms with Crippen LogP contribution in [0.25, 0.3) is 6.08 Å². The van der Waals surface area contributed by atoms with E-state index in [2.05, 4.69) is 10.6 Å². The summed E-state index contributed by atoms with van der Waals surface area (Å²) >= 11 is 6.03. The van der Waals surface area contributed by atoms with Gasteiger partial charge in [0.2, 0.25) is 5.91 Å². The molecule has 0 radical (unpaired) electrons. The van der Waals surface area contributed by atoms with E-state index in [4.69, 9.17) is 21.1 Å². The smallest absolute Gasteiger partial charge is 0.253 e. The third kappa shape index (κ3) is 6.54. The lowest BCUT2D eigenvalue weighted by Crippen LogP contribution is -2.31. The molecule has 0 aliphatic carbocycles. The monoisotopic (exact) mass is 416 g/mol. The Morgan fingerprint density at radius 2 is 1.90 bits per heavy atom. The largest absolute Gasteiger partial charge is 0.493 e. The van der Waals surface area contributed by atoms with Crippen LogP contribution in [-0.2, 0) is 4.79 Å². The lowest BCUT2D eigenvalue weighted by Gasteiger charge is -2.13. The van der Waals surface area contributed by atoms with Crippen LogP contribution in [0.2, 0.25) is 5.02 Å². The molecule has 0 saturated carbocycles. The maximum Gasteiger partial charge on any atom is 0.253 e. The van der Waals surface area contributed by atoms with Crippen LogP contribution in [0.3, 0.4) is 0 Å². The maximum absolute atomic E-state index is 12.4. The van der Waals surface area contributed by atoms with E-state index in [1.54, 1.807) is 43.5 Å². The van der Waals surface area contributed by atoms with Gasteiger partial charge in [-0.2, -0.15) is 0 Å². The van der Waals surface area contributed by atoms with Gasteiger partial charge in [-0.15, -0.1) is 0 Å². The number of methoxy groups -OCH3 is 1. The molecule has 154 valence electrons. The van der Waals surface area contributed by atoms with Crippen molar-refractivity contribution in [3.63, 3.8) is 0 Å². The number of anilines is 1. The molecule has 0 heterocycles. The van der Waals surface area contributed by atoms with Crippen LogP contribution in [0, 0.1) is 0 Å². The van der Waals surface area contributed by atoms with E-state index in [0.717, 1.165) is 5.56 Å². The Kier molecular flexibility index (Phi) is 8.09. The fourth-order valence-electron chi connectivity index (χ4n) is 2.57. The third-order valence-electron chi connectivity index (χ3n) is 3.82. The number of halogens is 1. The first-order chi connectivity index (χ1) is 13.8. The molecule has 0 unspecified atom stereocenters. The number of ether oxygens (including phenoxy) is 2. The molecule has 2 rings (SSSR count). The molecule has 6 nitrogen and oxygen atoms in total. The van der Waals surface area contributed by atoms with E-state index in [9.17, 15) is 9.59 Å². The summed E-state index contributed by atoms with van der Waals surface area (Å²) in [6.07, 6.45) is 3.02. The first-order valence-electron chi connectivity index (χ1n) is 9.24. The van der Waals surface area contributed by atoms with Crippen molar-refractivity contribution in [3.8, 4) is 11.5 Å². The number of nitrogens with one attached hydrogen (secondary N) is 2. The van der Waals surface area contributed by atoms with Crippen molar-refractivity contribution < 1.29 is 19.1 Å². The van der Waals surface area contributed by atoms with Gasteiger partial charge in [0.05, 0.1) is 25.0 Å². The van der Waals surface area contributed by atoms with Crippen molar-refractivity contribution in [3.05, 3.63) is 58.6 Å². The van der Waals surface area contributed by atoms with E-state index in [1.807, 2.05) is 26.8 Å². The van der Waals surface area contributed by atoms with Crippen molar-refractivity contribution in [2.45, 2.75) is 26.8 Å². The van der Waals surface area contributed by atoms with Crippen molar-refractivity contribution in [1.82, 2.24) is 5.32 Å². The molecule has 0 aromatic heterocycles. The summed E-state index contributed by atoms with van der Waals surface area (Å²) < 4.78 is 10.8. The molecule has 29 heavy (non-hydrogen) atoms. The molecular weight excluding hydrogens is 392 g/mol. The zero-order chi connectivity index (χ0) is 21.4. The molecule has 0 fully saturated rings. The first-order valence-corrected chi connectivity index (χ1v) is 9.62. The molecule has 0 saturated heterocycles. The van der Waals surface area contributed by atoms with Crippen molar-refractivity contribution in [1.29, 1.82) is 0 Å². The predicted octanol–water partition coefficient (Wildman–Crippen LogP) is 4.54. The highest BCUT2D eigenvalue weighted by molar-refractivity contribution is 6.31. The number of benzene rings is 2. The maximum atomic E-state index is 12.4. The lowest BCUT2D eigenvalue weighted by molar-refractivity contribution is -0.111. The average Bonchev–Trinajstić information content (AvgIpc) is 2.66. The van der Waals surface area contributed by atoms with Gasteiger partial charge in [0.15, 0.2) is 11.5 Å². The van der Waals surface area contributed by atoms with Gasteiger partial charge in [0.25, 0.3) is 5.91 Å². The fourth-order valence-corrected chi connectivity index (χ4v) is 2.74. The van der Waals surface area contributed by atoms with Gasteiger partial charge in [0.1, 0.15) is 0 Å². The molecule has 7 heteroatoms. The third-order valence-corrected chi connectivity index (χ3v) is 4.05. The molecule has 0 spiro atoms. The Labute approximate surface area is 175 Å². The summed E-state index contributed by atoms with van der Waals surface area (Å²) in [6.45, 7) is 6.14. The zero-order valence-corrected chi connectivity index (χ0v) is 17.7. The second-order valence-electron chi connectivity index (χ2n) is 6.48. The van der Waals surface area contributed by atoms with Gasteiger partial charge in [0, 0.05) is 17.1 Å². The average molecular weight is 417 g/mol. The number of carbonyl (C=O) groups is 2. The minimum Gasteiger partial charge on any atom is -0.493 e. The second-order valence-corrected chi connectivity index (χ2v) is 6.92. The Balaban J connectivity index is 2.17. The summed E-state index contributed by atoms with van der Waals surface area (Å²) in [5.41, 5.74) is 1.45. The normalized spacial score (nSPS) is 10.8. The molecule has 2 amide bonds. The van der Waals surface area contributed by atoms with Crippen LogP contribution < -0.4 is 20.1 Å². The van der Waals surface area contributed by atoms with Gasteiger partial charge in [-0.1, -0.05) is 17.7 Å². The molecule has 0 aliphatic heterocycles. The van der Waals surface area contributed by atoms with E-state index >= 15 is 0 Å². The number of carbonyl (C=O) groups excluding carboxylic acids is 2. The van der Waals surface area contributed by atoms with Crippen LogP contribution in [0.1, 0.15) is 36.7 Å². The molecule has 2 aromatic rings. The minimum atomic E-state index is -0.390. The predicted molar refractivity (Wildman–Crippen MR) is 116 cm³/mol. The van der Waals surface area contributed by atoms with Crippen LogP contribution >= 0.6 is 11.6 Å². The van der Waals surface area contributed by atoms with Crippen LogP contribution in [0.4, 0.5) is 5.69 Å². The SMILES string of the molecule is CCOc1ccc(/C=C/C(=O)Nc2cc(Cl)ccc2C(=O)NC(C)C)cc1OC. The number of hydrogen-bond donors (Lipinski definition) is 2. The quantitative estimate of drug-likeness (QED) is 0.619. The van der Waals surface area contributed by atoms with Crippen LogP contribution in [-0.4, -0.2) is 31.6 Å². The standard InChI is InChI=1S/C22H25ClN2O4/c1-5-29-19-10-6-15(12-20(19)28-4)7-11-21(26)25-18-13-16(23)8-9-17(18)22(27)24-14(2)3/h6-14H,5H2,1-4H3,(H,24,27)(H,25,26)/b11-7+. The Hall–Kier alpha value is -2.99. The molecular formula is C22H25ClN2O4. The van der Waals surface area contributed by atoms with Crippen molar-refractivity contribution in [2.24, 2.45) is 0 Å². The number of rotatable bonds is 8. The summed E-state index contributed by atoms with van der Waals surface area (Å²) in [5, 5.41) is 5.93. The van der Waals surface area contributed by atoms with Gasteiger partial charge < -0.3 is 20.1 Å². The highest BCUT2D eigenvalue weighted by Gasteiger charge is 2.14. The summed E-state index contributed by atoms with van der Waals surface area (Å²) in [5.74, 6) is 0.541. The number of amides is 2. The fraction of sp³-hybridized carbons (Fsp3) is 0.273. The summed E-state index contributed by atoms with van der Waals surface area (Å²) in [6, 6.07) is 10.1.